The molecular formula is C21H18N2O4S. The molecule has 0 bridgehead atoms. The number of nitrogens with zero attached hydrogens (tertiary/aromatic N) is 2. The third-order valence-corrected chi connectivity index (χ3v) is 6.25. The zero-order chi connectivity index (χ0) is 20.1. The number of anilines is 1. The fourth-order valence-corrected chi connectivity index (χ4v) is 4.50. The van der Waals surface area contributed by atoms with Crippen LogP contribution in [-0.2, 0) is 9.84 Å². The largest absolute Gasteiger partial charge is 0.358 e. The quantitative estimate of drug-likeness (QED) is 0.489. The van der Waals surface area contributed by atoms with Gasteiger partial charge in [0.2, 0.25) is 0 Å². The van der Waals surface area contributed by atoms with Crippen LogP contribution in [0.3, 0.4) is 0 Å². The Labute approximate surface area is 163 Å². The number of nitro groups is 1. The highest BCUT2D eigenvalue weighted by Gasteiger charge is 2.33. The monoisotopic (exact) mass is 394 g/mol. The third-order valence-electron chi connectivity index (χ3n) is 5.14. The average Bonchev–Trinajstić information content (AvgIpc) is 3.01. The summed E-state index contributed by atoms with van der Waals surface area (Å²) in [7, 11) is -1.74. The van der Waals surface area contributed by atoms with Crippen molar-refractivity contribution >= 4 is 21.2 Å². The van der Waals surface area contributed by atoms with Gasteiger partial charge in [-0.05, 0) is 34.4 Å². The Kier molecular flexibility index (Phi) is 4.19. The van der Waals surface area contributed by atoms with E-state index in [1.165, 1.54) is 12.1 Å². The van der Waals surface area contributed by atoms with Gasteiger partial charge in [-0.15, -0.1) is 0 Å². The Morgan fingerprint density at radius 1 is 0.929 bits per heavy atom. The SMILES string of the molecule is CN(c1ccc(S(C)(=O)=O)cc1[N+](=O)[O-])C1c2ccccc2-c2ccccc21. The minimum atomic E-state index is -3.54. The smallest absolute Gasteiger partial charge is 0.293 e. The lowest BCUT2D eigenvalue weighted by molar-refractivity contribution is -0.384. The highest BCUT2D eigenvalue weighted by atomic mass is 32.2. The molecule has 0 saturated carbocycles. The number of benzene rings is 3. The van der Waals surface area contributed by atoms with Gasteiger partial charge in [0, 0.05) is 19.4 Å². The molecule has 3 aromatic rings. The highest BCUT2D eigenvalue weighted by molar-refractivity contribution is 7.90. The van der Waals surface area contributed by atoms with Gasteiger partial charge in [-0.1, -0.05) is 48.5 Å². The fourth-order valence-electron chi connectivity index (χ4n) is 3.86. The van der Waals surface area contributed by atoms with E-state index in [4.69, 9.17) is 0 Å². The first-order chi connectivity index (χ1) is 13.3. The topological polar surface area (TPSA) is 80.5 Å². The van der Waals surface area contributed by atoms with Crippen LogP contribution in [0.2, 0.25) is 0 Å². The van der Waals surface area contributed by atoms with E-state index in [0.717, 1.165) is 34.6 Å². The maximum Gasteiger partial charge on any atom is 0.293 e. The Bertz CT molecular complexity index is 1160. The van der Waals surface area contributed by atoms with Crippen LogP contribution in [0.15, 0.2) is 71.6 Å². The molecule has 0 radical (unpaired) electrons. The van der Waals surface area contributed by atoms with Crippen molar-refractivity contribution in [3.63, 3.8) is 0 Å². The van der Waals surface area contributed by atoms with Gasteiger partial charge in [0.1, 0.15) is 5.69 Å². The summed E-state index contributed by atoms with van der Waals surface area (Å²) in [6, 6.07) is 19.8. The summed E-state index contributed by atoms with van der Waals surface area (Å²) < 4.78 is 23.7. The van der Waals surface area contributed by atoms with Gasteiger partial charge in [0.15, 0.2) is 9.84 Å². The van der Waals surface area contributed by atoms with Gasteiger partial charge >= 0.3 is 0 Å². The summed E-state index contributed by atoms with van der Waals surface area (Å²) >= 11 is 0. The van der Waals surface area contributed by atoms with Crippen molar-refractivity contribution in [1.82, 2.24) is 0 Å². The maximum absolute atomic E-state index is 11.8. The van der Waals surface area contributed by atoms with E-state index in [1.54, 1.807) is 7.05 Å². The van der Waals surface area contributed by atoms with Crippen LogP contribution in [0.5, 0.6) is 0 Å². The molecule has 0 N–H and O–H groups in total. The van der Waals surface area contributed by atoms with Gasteiger partial charge in [0.25, 0.3) is 5.69 Å². The first-order valence-corrected chi connectivity index (χ1v) is 10.6. The van der Waals surface area contributed by atoms with E-state index in [-0.39, 0.29) is 16.6 Å². The summed E-state index contributed by atoms with van der Waals surface area (Å²) in [4.78, 5) is 12.9. The van der Waals surface area contributed by atoms with Crippen LogP contribution in [0, 0.1) is 10.1 Å². The molecule has 6 nitrogen and oxygen atoms in total. The molecule has 0 aromatic heterocycles. The third kappa shape index (κ3) is 2.84. The first kappa shape index (κ1) is 18.2. The van der Waals surface area contributed by atoms with Crippen LogP contribution < -0.4 is 4.90 Å². The van der Waals surface area contributed by atoms with Crippen molar-refractivity contribution in [3.05, 3.63) is 88.0 Å². The van der Waals surface area contributed by atoms with Crippen molar-refractivity contribution in [2.45, 2.75) is 10.9 Å². The molecule has 0 aliphatic heterocycles. The summed E-state index contributed by atoms with van der Waals surface area (Å²) in [6.45, 7) is 0. The zero-order valence-electron chi connectivity index (χ0n) is 15.4. The zero-order valence-corrected chi connectivity index (χ0v) is 16.2. The van der Waals surface area contributed by atoms with Crippen molar-refractivity contribution in [2.75, 3.05) is 18.2 Å². The summed E-state index contributed by atoms with van der Waals surface area (Å²) in [5, 5.41) is 11.7. The minimum Gasteiger partial charge on any atom is -0.358 e. The van der Waals surface area contributed by atoms with E-state index in [1.807, 2.05) is 53.4 Å². The van der Waals surface area contributed by atoms with Crippen molar-refractivity contribution < 1.29 is 13.3 Å². The van der Waals surface area contributed by atoms with E-state index in [2.05, 4.69) is 0 Å². The molecule has 142 valence electrons. The number of hydrogen-bond donors (Lipinski definition) is 0. The molecule has 0 unspecified atom stereocenters. The number of nitro benzene ring substituents is 1. The standard InChI is InChI=1S/C21H18N2O4S/c1-22(19-12-11-14(28(2,26)27)13-20(19)23(24)25)21-17-9-5-3-7-15(17)16-8-4-6-10-18(16)21/h3-13,21H,1-2H3. The predicted octanol–water partition coefficient (Wildman–Crippen LogP) is 4.20. The van der Waals surface area contributed by atoms with Gasteiger partial charge in [-0.2, -0.15) is 0 Å². The second-order valence-electron chi connectivity index (χ2n) is 6.87. The lowest BCUT2D eigenvalue weighted by atomic mass is 10.0. The molecule has 4 rings (SSSR count). The van der Waals surface area contributed by atoms with Crippen molar-refractivity contribution in [1.29, 1.82) is 0 Å². The molecule has 1 aliphatic carbocycles. The predicted molar refractivity (Wildman–Crippen MR) is 108 cm³/mol. The van der Waals surface area contributed by atoms with Gasteiger partial charge in [-0.25, -0.2) is 8.42 Å². The number of rotatable bonds is 4. The normalized spacial score (nSPS) is 13.1. The highest BCUT2D eigenvalue weighted by Crippen LogP contribution is 2.48. The Morgan fingerprint density at radius 2 is 1.46 bits per heavy atom. The van der Waals surface area contributed by atoms with Crippen LogP contribution >= 0.6 is 0 Å². The number of fused-ring (bicyclic) bond motifs is 3. The lowest BCUT2D eigenvalue weighted by Crippen LogP contribution is -2.24. The van der Waals surface area contributed by atoms with E-state index < -0.39 is 14.8 Å². The second kappa shape index (κ2) is 6.45. The van der Waals surface area contributed by atoms with Crippen LogP contribution in [0.1, 0.15) is 17.2 Å². The number of sulfone groups is 1. The Hall–Kier alpha value is -3.19. The van der Waals surface area contributed by atoms with E-state index >= 15 is 0 Å². The second-order valence-corrected chi connectivity index (χ2v) is 8.88. The maximum atomic E-state index is 11.8. The molecule has 7 heteroatoms. The lowest BCUT2D eigenvalue weighted by Gasteiger charge is -2.28. The van der Waals surface area contributed by atoms with Crippen LogP contribution in [-0.4, -0.2) is 26.6 Å². The molecule has 28 heavy (non-hydrogen) atoms. The molecule has 0 fully saturated rings. The molecule has 0 saturated heterocycles. The van der Waals surface area contributed by atoms with E-state index in [9.17, 15) is 18.5 Å². The van der Waals surface area contributed by atoms with Gasteiger partial charge < -0.3 is 4.90 Å². The van der Waals surface area contributed by atoms with E-state index in [0.29, 0.717) is 5.69 Å². The molecule has 0 spiro atoms. The summed E-state index contributed by atoms with van der Waals surface area (Å²) in [5.41, 5.74) is 4.47. The first-order valence-electron chi connectivity index (χ1n) is 8.68. The Balaban J connectivity index is 1.89. The average molecular weight is 394 g/mol. The molecule has 1 aliphatic rings. The van der Waals surface area contributed by atoms with Crippen molar-refractivity contribution in [2.24, 2.45) is 0 Å². The number of hydrogen-bond acceptors (Lipinski definition) is 5. The van der Waals surface area contributed by atoms with Crippen molar-refractivity contribution in [3.8, 4) is 11.1 Å². The molecule has 0 heterocycles. The van der Waals surface area contributed by atoms with Crippen LogP contribution in [0.4, 0.5) is 11.4 Å². The fraction of sp³-hybridized carbons (Fsp3) is 0.143. The van der Waals surface area contributed by atoms with Gasteiger partial charge in [0.05, 0.1) is 15.9 Å². The van der Waals surface area contributed by atoms with Crippen LogP contribution in [0.25, 0.3) is 11.1 Å². The summed E-state index contributed by atoms with van der Waals surface area (Å²) in [5.74, 6) is 0. The molecular weight excluding hydrogens is 376 g/mol. The molecule has 0 amide bonds. The summed E-state index contributed by atoms with van der Waals surface area (Å²) in [6.07, 6.45) is 1.04. The van der Waals surface area contributed by atoms with Gasteiger partial charge in [-0.3, -0.25) is 10.1 Å². The molecule has 0 atom stereocenters. The minimum absolute atomic E-state index is 0.0661. The molecule has 3 aromatic carbocycles. The Morgan fingerprint density at radius 3 is 1.96 bits per heavy atom.